The Morgan fingerprint density at radius 1 is 0.938 bits per heavy atom. The van der Waals surface area contributed by atoms with Gasteiger partial charge in [-0.25, -0.2) is 0 Å². The van der Waals surface area contributed by atoms with Crippen LogP contribution in [-0.2, 0) is 0 Å². The minimum Gasteiger partial charge on any atom is -0.312 e. The largest absolute Gasteiger partial charge is 0.312 e. The quantitative estimate of drug-likeness (QED) is 0.531. The normalized spacial score (nSPS) is 17.1. The molecule has 0 radical (unpaired) electrons. The van der Waals surface area contributed by atoms with Crippen LogP contribution in [0.3, 0.4) is 0 Å². The molecule has 0 saturated carbocycles. The lowest BCUT2D eigenvalue weighted by Crippen LogP contribution is -2.37. The molecule has 0 spiro atoms. The summed E-state index contributed by atoms with van der Waals surface area (Å²) in [4.78, 5) is 0. The Hall–Kier alpha value is -0.0400. The molecule has 0 fully saturated rings. The standard InChI is InChI=1S/C15H33N/c1-6-9-10-11-14(5)16-15(8-3)12-13(4)7-2/h13-16H,6-12H2,1-5H3. The van der Waals surface area contributed by atoms with Gasteiger partial charge in [0.15, 0.2) is 0 Å². The van der Waals surface area contributed by atoms with Gasteiger partial charge in [0.25, 0.3) is 0 Å². The molecule has 98 valence electrons. The van der Waals surface area contributed by atoms with Gasteiger partial charge in [-0.3, -0.25) is 0 Å². The van der Waals surface area contributed by atoms with Crippen LogP contribution in [0, 0.1) is 5.92 Å². The lowest BCUT2D eigenvalue weighted by Gasteiger charge is -2.24. The maximum atomic E-state index is 3.79. The summed E-state index contributed by atoms with van der Waals surface area (Å²) in [5.74, 6) is 0.861. The molecule has 3 unspecified atom stereocenters. The van der Waals surface area contributed by atoms with Gasteiger partial charge in [-0.2, -0.15) is 0 Å². The van der Waals surface area contributed by atoms with Crippen molar-refractivity contribution in [1.29, 1.82) is 0 Å². The zero-order valence-corrected chi connectivity index (χ0v) is 12.2. The Kier molecular flexibility index (Phi) is 10.1. The smallest absolute Gasteiger partial charge is 0.00694 e. The van der Waals surface area contributed by atoms with E-state index in [2.05, 4.69) is 39.9 Å². The van der Waals surface area contributed by atoms with Crippen molar-refractivity contribution in [2.75, 3.05) is 0 Å². The van der Waals surface area contributed by atoms with Gasteiger partial charge >= 0.3 is 0 Å². The topological polar surface area (TPSA) is 12.0 Å². The molecule has 0 amide bonds. The van der Waals surface area contributed by atoms with E-state index in [9.17, 15) is 0 Å². The van der Waals surface area contributed by atoms with Gasteiger partial charge in [0.05, 0.1) is 0 Å². The summed E-state index contributed by atoms with van der Waals surface area (Å²) in [5, 5.41) is 3.79. The first-order valence-corrected chi connectivity index (χ1v) is 7.39. The van der Waals surface area contributed by atoms with E-state index >= 15 is 0 Å². The fraction of sp³-hybridized carbons (Fsp3) is 1.00. The first kappa shape index (κ1) is 16.0. The minimum atomic E-state index is 0.695. The Labute approximate surface area is 103 Å². The number of nitrogens with one attached hydrogen (secondary N) is 1. The van der Waals surface area contributed by atoms with Gasteiger partial charge < -0.3 is 5.32 Å². The van der Waals surface area contributed by atoms with Crippen molar-refractivity contribution in [1.82, 2.24) is 5.32 Å². The van der Waals surface area contributed by atoms with E-state index in [1.807, 2.05) is 0 Å². The van der Waals surface area contributed by atoms with E-state index in [0.29, 0.717) is 6.04 Å². The van der Waals surface area contributed by atoms with Gasteiger partial charge in [0, 0.05) is 12.1 Å². The van der Waals surface area contributed by atoms with E-state index in [1.165, 1.54) is 44.9 Å². The Morgan fingerprint density at radius 2 is 1.62 bits per heavy atom. The molecule has 0 bridgehead atoms. The lowest BCUT2D eigenvalue weighted by molar-refractivity contribution is 0.344. The molecule has 1 N–H and O–H groups in total. The van der Waals surface area contributed by atoms with Crippen molar-refractivity contribution in [3.63, 3.8) is 0 Å². The number of unbranched alkanes of at least 4 members (excludes halogenated alkanes) is 2. The third kappa shape index (κ3) is 8.15. The molecule has 0 aromatic carbocycles. The fourth-order valence-electron chi connectivity index (χ4n) is 2.19. The van der Waals surface area contributed by atoms with Gasteiger partial charge in [0.2, 0.25) is 0 Å². The summed E-state index contributed by atoms with van der Waals surface area (Å²) in [7, 11) is 0. The van der Waals surface area contributed by atoms with E-state index in [1.54, 1.807) is 0 Å². The molecule has 1 heteroatoms. The zero-order valence-electron chi connectivity index (χ0n) is 12.2. The van der Waals surface area contributed by atoms with Gasteiger partial charge in [-0.1, -0.05) is 53.4 Å². The van der Waals surface area contributed by atoms with Crippen LogP contribution in [0.1, 0.15) is 79.6 Å². The second-order valence-electron chi connectivity index (χ2n) is 5.42. The molecule has 3 atom stereocenters. The number of rotatable bonds is 10. The van der Waals surface area contributed by atoms with Crippen molar-refractivity contribution < 1.29 is 0 Å². The summed E-state index contributed by atoms with van der Waals surface area (Å²) >= 11 is 0. The lowest BCUT2D eigenvalue weighted by atomic mass is 9.96. The molecule has 0 heterocycles. The molecular weight excluding hydrogens is 194 g/mol. The zero-order chi connectivity index (χ0) is 12.4. The highest BCUT2D eigenvalue weighted by atomic mass is 14.9. The van der Waals surface area contributed by atoms with E-state index in [-0.39, 0.29) is 0 Å². The van der Waals surface area contributed by atoms with E-state index in [0.717, 1.165) is 12.0 Å². The molecular formula is C15H33N. The maximum absolute atomic E-state index is 3.79. The average Bonchev–Trinajstić information content (AvgIpc) is 2.28. The van der Waals surface area contributed by atoms with Crippen molar-refractivity contribution in [2.45, 2.75) is 91.6 Å². The fourth-order valence-corrected chi connectivity index (χ4v) is 2.19. The summed E-state index contributed by atoms with van der Waals surface area (Å²) in [5.41, 5.74) is 0. The van der Waals surface area contributed by atoms with E-state index < -0.39 is 0 Å². The molecule has 0 aliphatic rings. The van der Waals surface area contributed by atoms with Crippen LogP contribution in [0.4, 0.5) is 0 Å². The Bertz CT molecular complexity index is 144. The highest BCUT2D eigenvalue weighted by Gasteiger charge is 2.12. The summed E-state index contributed by atoms with van der Waals surface area (Å²) in [6.45, 7) is 11.6. The molecule has 1 nitrogen and oxygen atoms in total. The third-order valence-electron chi connectivity index (χ3n) is 3.64. The molecule has 0 aromatic rings. The van der Waals surface area contributed by atoms with Crippen LogP contribution in [-0.4, -0.2) is 12.1 Å². The van der Waals surface area contributed by atoms with Crippen molar-refractivity contribution in [3.05, 3.63) is 0 Å². The van der Waals surface area contributed by atoms with Gasteiger partial charge in [0.1, 0.15) is 0 Å². The molecule has 0 aliphatic carbocycles. The summed E-state index contributed by atoms with van der Waals surface area (Å²) in [6, 6.07) is 1.42. The predicted molar refractivity (Wildman–Crippen MR) is 74.9 cm³/mol. The molecule has 0 rings (SSSR count). The summed E-state index contributed by atoms with van der Waals surface area (Å²) < 4.78 is 0. The first-order valence-electron chi connectivity index (χ1n) is 7.39. The SMILES string of the molecule is CCCCCC(C)NC(CC)CC(C)CC. The molecule has 0 saturated heterocycles. The van der Waals surface area contributed by atoms with E-state index in [4.69, 9.17) is 0 Å². The monoisotopic (exact) mass is 227 g/mol. The van der Waals surface area contributed by atoms with Gasteiger partial charge in [-0.05, 0) is 32.1 Å². The van der Waals surface area contributed by atoms with Crippen LogP contribution in [0.5, 0.6) is 0 Å². The highest BCUT2D eigenvalue weighted by Crippen LogP contribution is 2.13. The van der Waals surface area contributed by atoms with Crippen molar-refractivity contribution in [3.8, 4) is 0 Å². The van der Waals surface area contributed by atoms with Gasteiger partial charge in [-0.15, -0.1) is 0 Å². The Morgan fingerprint density at radius 3 is 2.12 bits per heavy atom. The van der Waals surface area contributed by atoms with Crippen LogP contribution >= 0.6 is 0 Å². The van der Waals surface area contributed by atoms with Crippen LogP contribution in [0.25, 0.3) is 0 Å². The second-order valence-corrected chi connectivity index (χ2v) is 5.42. The Balaban J connectivity index is 3.73. The first-order chi connectivity index (χ1) is 7.63. The van der Waals surface area contributed by atoms with Crippen LogP contribution < -0.4 is 5.32 Å². The average molecular weight is 227 g/mol. The molecule has 0 aromatic heterocycles. The number of hydrogen-bond donors (Lipinski definition) is 1. The van der Waals surface area contributed by atoms with Crippen LogP contribution in [0.2, 0.25) is 0 Å². The molecule has 0 aliphatic heterocycles. The van der Waals surface area contributed by atoms with Crippen molar-refractivity contribution >= 4 is 0 Å². The predicted octanol–water partition coefficient (Wildman–Crippen LogP) is 4.76. The van der Waals surface area contributed by atoms with Crippen molar-refractivity contribution in [2.24, 2.45) is 5.92 Å². The van der Waals surface area contributed by atoms with Crippen LogP contribution in [0.15, 0.2) is 0 Å². The third-order valence-corrected chi connectivity index (χ3v) is 3.64. The number of hydrogen-bond acceptors (Lipinski definition) is 1. The maximum Gasteiger partial charge on any atom is 0.00694 e. The molecule has 16 heavy (non-hydrogen) atoms. The summed E-state index contributed by atoms with van der Waals surface area (Å²) in [6.07, 6.45) is 9.34. The highest BCUT2D eigenvalue weighted by molar-refractivity contribution is 4.72. The minimum absolute atomic E-state index is 0.695. The second kappa shape index (κ2) is 10.1.